The molecule has 3 rings (SSSR count). The Labute approximate surface area is 153 Å². The fourth-order valence-corrected chi connectivity index (χ4v) is 2.54. The Morgan fingerprint density at radius 1 is 1.26 bits per heavy atom. The molecule has 0 radical (unpaired) electrons. The smallest absolute Gasteiger partial charge is 0.441 e. The average molecular weight is 381 g/mol. The van der Waals surface area contributed by atoms with Gasteiger partial charge in [0.05, 0.1) is 0 Å². The molecule has 10 nitrogen and oxygen atoms in total. The molecule has 1 atom stereocenters. The molecule has 1 unspecified atom stereocenters. The lowest BCUT2D eigenvalue weighted by Crippen LogP contribution is -2.37. The number of carbonyl (C=O) groups is 1. The van der Waals surface area contributed by atoms with Gasteiger partial charge >= 0.3 is 18.1 Å². The summed E-state index contributed by atoms with van der Waals surface area (Å²) >= 11 is 0. The van der Waals surface area contributed by atoms with Crippen LogP contribution in [-0.2, 0) is 17.8 Å². The molecule has 146 valence electrons. The van der Waals surface area contributed by atoms with E-state index < -0.39 is 18.1 Å². The minimum absolute atomic E-state index is 0.154. The standard InChI is InChI=1S/C17H19NO9/c1-9(6-11-4-5-12-13(7-11)27-17(21,22)26-12)18(3)15(19)23-8-14-10(2)24-16(20)25-14/h4-5,7,9,21-22H,6,8H2,1-3H3. The van der Waals surface area contributed by atoms with Gasteiger partial charge in [-0.15, -0.1) is 0 Å². The van der Waals surface area contributed by atoms with E-state index in [1.54, 1.807) is 25.2 Å². The first-order chi connectivity index (χ1) is 12.6. The highest BCUT2D eigenvalue weighted by Crippen LogP contribution is 2.38. The highest BCUT2D eigenvalue weighted by molar-refractivity contribution is 5.67. The van der Waals surface area contributed by atoms with Crippen LogP contribution >= 0.6 is 0 Å². The van der Waals surface area contributed by atoms with E-state index in [1.807, 2.05) is 6.92 Å². The molecule has 2 aromatic rings. The number of carbonyl (C=O) groups excluding carboxylic acids is 1. The molecule has 1 aromatic heterocycles. The second-order valence-corrected chi connectivity index (χ2v) is 6.19. The minimum atomic E-state index is -2.67. The monoisotopic (exact) mass is 381 g/mol. The highest BCUT2D eigenvalue weighted by Gasteiger charge is 2.38. The van der Waals surface area contributed by atoms with E-state index >= 15 is 0 Å². The molecule has 0 fully saturated rings. The zero-order chi connectivity index (χ0) is 19.8. The van der Waals surface area contributed by atoms with Crippen molar-refractivity contribution in [2.24, 2.45) is 0 Å². The van der Waals surface area contributed by atoms with Gasteiger partial charge in [0.25, 0.3) is 0 Å². The maximum atomic E-state index is 12.2. The third-order valence-corrected chi connectivity index (χ3v) is 4.14. The Morgan fingerprint density at radius 2 is 1.96 bits per heavy atom. The maximum Gasteiger partial charge on any atom is 0.519 e. The van der Waals surface area contributed by atoms with Crippen molar-refractivity contribution in [3.05, 3.63) is 45.9 Å². The van der Waals surface area contributed by atoms with Gasteiger partial charge in [0.15, 0.2) is 29.6 Å². The number of likely N-dealkylation sites (N-methyl/N-ethyl adjacent to an activating group) is 1. The topological polar surface area (TPSA) is 132 Å². The van der Waals surface area contributed by atoms with E-state index in [2.05, 4.69) is 0 Å². The fourth-order valence-electron chi connectivity index (χ4n) is 2.54. The molecule has 27 heavy (non-hydrogen) atoms. The first-order valence-electron chi connectivity index (χ1n) is 8.09. The van der Waals surface area contributed by atoms with Crippen molar-refractivity contribution in [3.63, 3.8) is 0 Å². The molecule has 1 amide bonds. The average Bonchev–Trinajstić information content (AvgIpc) is 3.07. The van der Waals surface area contributed by atoms with Crippen molar-refractivity contribution < 1.29 is 38.1 Å². The second kappa shape index (κ2) is 6.97. The lowest BCUT2D eigenvalue weighted by molar-refractivity contribution is -0.385. The van der Waals surface area contributed by atoms with Gasteiger partial charge in [-0.25, -0.2) is 9.59 Å². The van der Waals surface area contributed by atoms with Crippen LogP contribution in [0, 0.1) is 6.92 Å². The molecule has 0 bridgehead atoms. The molecule has 0 aliphatic carbocycles. The summed E-state index contributed by atoms with van der Waals surface area (Å²) in [6.45, 7) is 3.14. The number of hydrogen-bond acceptors (Lipinski definition) is 9. The van der Waals surface area contributed by atoms with Crippen LogP contribution < -0.4 is 15.3 Å². The number of ether oxygens (including phenoxy) is 3. The molecular weight excluding hydrogens is 362 g/mol. The largest absolute Gasteiger partial charge is 0.519 e. The van der Waals surface area contributed by atoms with E-state index in [1.165, 1.54) is 11.8 Å². The predicted octanol–water partition coefficient (Wildman–Crippen LogP) is 1.11. The van der Waals surface area contributed by atoms with E-state index in [0.717, 1.165) is 5.56 Å². The Hall–Kier alpha value is -2.98. The first-order valence-corrected chi connectivity index (χ1v) is 8.09. The van der Waals surface area contributed by atoms with Crippen LogP contribution in [0.5, 0.6) is 11.5 Å². The summed E-state index contributed by atoms with van der Waals surface area (Å²) in [5.41, 5.74) is 0.791. The van der Waals surface area contributed by atoms with E-state index in [4.69, 9.17) is 23.0 Å². The fraction of sp³-hybridized carbons (Fsp3) is 0.412. The van der Waals surface area contributed by atoms with Crippen LogP contribution in [0.3, 0.4) is 0 Å². The van der Waals surface area contributed by atoms with Crippen molar-refractivity contribution in [2.75, 3.05) is 7.05 Å². The van der Waals surface area contributed by atoms with Crippen LogP contribution in [-0.4, -0.2) is 40.5 Å². The van der Waals surface area contributed by atoms with Crippen LogP contribution in [0.4, 0.5) is 4.79 Å². The molecule has 0 saturated carbocycles. The molecular formula is C17H19NO9. The molecule has 0 spiro atoms. The summed E-state index contributed by atoms with van der Waals surface area (Å²) in [6.07, 6.45) is -2.82. The van der Waals surface area contributed by atoms with Crippen LogP contribution in [0.2, 0.25) is 0 Å². The summed E-state index contributed by atoms with van der Waals surface area (Å²) in [6, 6.07) is 4.63. The third kappa shape index (κ3) is 4.23. The van der Waals surface area contributed by atoms with Gasteiger partial charge in [0, 0.05) is 13.1 Å². The summed E-state index contributed by atoms with van der Waals surface area (Å²) in [5, 5.41) is 18.7. The van der Waals surface area contributed by atoms with Crippen molar-refractivity contribution in [1.82, 2.24) is 4.90 Å². The lowest BCUT2D eigenvalue weighted by atomic mass is 10.1. The molecule has 1 aliphatic rings. The van der Waals surface area contributed by atoms with Crippen LogP contribution in [0.1, 0.15) is 24.0 Å². The Balaban J connectivity index is 1.57. The number of amides is 1. The number of aryl methyl sites for hydroxylation is 1. The Kier molecular flexibility index (Phi) is 4.85. The number of fused-ring (bicyclic) bond motifs is 1. The van der Waals surface area contributed by atoms with E-state index in [-0.39, 0.29) is 35.7 Å². The summed E-state index contributed by atoms with van der Waals surface area (Å²) < 4.78 is 24.3. The molecule has 1 aromatic carbocycles. The molecule has 2 N–H and O–H groups in total. The van der Waals surface area contributed by atoms with Crippen LogP contribution in [0.15, 0.2) is 31.8 Å². The number of aliphatic hydroxyl groups is 2. The summed E-state index contributed by atoms with van der Waals surface area (Å²) in [5.74, 6) is -0.0336. The van der Waals surface area contributed by atoms with Gasteiger partial charge in [-0.1, -0.05) is 6.07 Å². The SMILES string of the molecule is Cc1oc(=O)oc1COC(=O)N(C)C(C)Cc1ccc2c(c1)OC(O)(O)O2. The van der Waals surface area contributed by atoms with Crippen molar-refractivity contribution in [1.29, 1.82) is 0 Å². The van der Waals surface area contributed by atoms with Gasteiger partial charge in [0.1, 0.15) is 0 Å². The van der Waals surface area contributed by atoms with Gasteiger partial charge in [-0.3, -0.25) is 10.2 Å². The summed E-state index contributed by atoms with van der Waals surface area (Å²) in [7, 11) is 1.57. The zero-order valence-electron chi connectivity index (χ0n) is 14.9. The summed E-state index contributed by atoms with van der Waals surface area (Å²) in [4.78, 5) is 24.6. The van der Waals surface area contributed by atoms with Gasteiger partial charge in [0.2, 0.25) is 0 Å². The lowest BCUT2D eigenvalue weighted by Gasteiger charge is -2.24. The van der Waals surface area contributed by atoms with E-state index in [9.17, 15) is 19.8 Å². The third-order valence-electron chi connectivity index (χ3n) is 4.14. The Morgan fingerprint density at radius 3 is 2.63 bits per heavy atom. The van der Waals surface area contributed by atoms with Gasteiger partial charge in [-0.2, -0.15) is 0 Å². The maximum absolute atomic E-state index is 12.2. The quantitative estimate of drug-likeness (QED) is 0.731. The Bertz CT molecular complexity index is 898. The van der Waals surface area contributed by atoms with Crippen molar-refractivity contribution in [2.45, 2.75) is 39.1 Å². The zero-order valence-corrected chi connectivity index (χ0v) is 14.9. The molecule has 0 saturated heterocycles. The first kappa shape index (κ1) is 18.8. The van der Waals surface area contributed by atoms with Crippen LogP contribution in [0.25, 0.3) is 0 Å². The van der Waals surface area contributed by atoms with Gasteiger partial charge in [-0.05, 0) is 38.0 Å². The van der Waals surface area contributed by atoms with E-state index in [0.29, 0.717) is 6.42 Å². The van der Waals surface area contributed by atoms with Crippen molar-refractivity contribution in [3.8, 4) is 11.5 Å². The predicted molar refractivity (Wildman–Crippen MR) is 88.0 cm³/mol. The minimum Gasteiger partial charge on any atom is -0.441 e. The van der Waals surface area contributed by atoms with Crippen molar-refractivity contribution >= 4 is 6.09 Å². The number of rotatable bonds is 5. The normalized spacial score (nSPS) is 15.4. The van der Waals surface area contributed by atoms with Gasteiger partial charge < -0.3 is 27.9 Å². The molecule has 10 heteroatoms. The molecule has 1 aliphatic heterocycles. The second-order valence-electron chi connectivity index (χ2n) is 6.19. The number of benzene rings is 1. The highest BCUT2D eigenvalue weighted by atomic mass is 17.0. The number of nitrogens with zero attached hydrogens (tertiary/aromatic N) is 1. The molecule has 2 heterocycles. The number of hydrogen-bond donors (Lipinski definition) is 2.